The summed E-state index contributed by atoms with van der Waals surface area (Å²) in [6.07, 6.45) is 4.85. The molecule has 2 aromatic rings. The van der Waals surface area contributed by atoms with Crippen molar-refractivity contribution in [3.8, 4) is 0 Å². The van der Waals surface area contributed by atoms with Gasteiger partial charge in [-0.25, -0.2) is 4.98 Å². The molecular weight excluding hydrogens is 240 g/mol. The summed E-state index contributed by atoms with van der Waals surface area (Å²) >= 11 is 1.82. The van der Waals surface area contributed by atoms with Crippen molar-refractivity contribution < 1.29 is 0 Å². The molecule has 2 N–H and O–H groups in total. The van der Waals surface area contributed by atoms with Crippen molar-refractivity contribution in [2.24, 2.45) is 5.73 Å². The standard InChI is InChI=1S/C15H20N2S/c1-10-6-7-12-11(9-10)17-14(18-12)15(2)8-4-3-5-13(15)16/h6-7,9,13H,3-5,8,16H2,1-2H3. The van der Waals surface area contributed by atoms with Crippen LogP contribution in [-0.4, -0.2) is 11.0 Å². The van der Waals surface area contributed by atoms with E-state index in [1.54, 1.807) is 0 Å². The molecule has 0 amide bonds. The molecular formula is C15H20N2S. The quantitative estimate of drug-likeness (QED) is 0.848. The van der Waals surface area contributed by atoms with Crippen LogP contribution < -0.4 is 5.73 Å². The van der Waals surface area contributed by atoms with Crippen molar-refractivity contribution in [1.82, 2.24) is 4.98 Å². The topological polar surface area (TPSA) is 38.9 Å². The molecule has 3 rings (SSSR count). The summed E-state index contributed by atoms with van der Waals surface area (Å²) < 4.78 is 1.29. The average molecular weight is 260 g/mol. The predicted octanol–water partition coefficient (Wildman–Crippen LogP) is 3.76. The number of thiazole rings is 1. The maximum Gasteiger partial charge on any atom is 0.101 e. The summed E-state index contributed by atoms with van der Waals surface area (Å²) in [4.78, 5) is 4.86. The molecule has 18 heavy (non-hydrogen) atoms. The first-order valence-corrected chi connectivity index (χ1v) is 7.54. The number of hydrogen-bond acceptors (Lipinski definition) is 3. The molecule has 2 atom stereocenters. The molecule has 1 heterocycles. The van der Waals surface area contributed by atoms with Crippen LogP contribution in [0.25, 0.3) is 10.2 Å². The van der Waals surface area contributed by atoms with Crippen molar-refractivity contribution in [3.05, 3.63) is 28.8 Å². The highest BCUT2D eigenvalue weighted by atomic mass is 32.1. The number of nitrogens with two attached hydrogens (primary N) is 1. The molecule has 2 unspecified atom stereocenters. The summed E-state index contributed by atoms with van der Waals surface area (Å²) in [7, 11) is 0. The average Bonchev–Trinajstić information content (AvgIpc) is 2.76. The lowest BCUT2D eigenvalue weighted by atomic mass is 9.72. The highest BCUT2D eigenvalue weighted by Gasteiger charge is 2.38. The van der Waals surface area contributed by atoms with Gasteiger partial charge in [-0.05, 0) is 37.5 Å². The molecule has 1 aliphatic rings. The van der Waals surface area contributed by atoms with Crippen molar-refractivity contribution in [1.29, 1.82) is 0 Å². The Balaban J connectivity index is 2.07. The summed E-state index contributed by atoms with van der Waals surface area (Å²) in [5.41, 5.74) is 8.85. The predicted molar refractivity (Wildman–Crippen MR) is 78.2 cm³/mol. The van der Waals surface area contributed by atoms with Crippen molar-refractivity contribution in [2.75, 3.05) is 0 Å². The molecule has 1 aromatic carbocycles. The number of aryl methyl sites for hydroxylation is 1. The van der Waals surface area contributed by atoms with Gasteiger partial charge in [-0.3, -0.25) is 0 Å². The van der Waals surface area contributed by atoms with Gasteiger partial charge in [-0.15, -0.1) is 11.3 Å². The lowest BCUT2D eigenvalue weighted by Crippen LogP contribution is -2.45. The maximum absolute atomic E-state index is 6.36. The van der Waals surface area contributed by atoms with Crippen LogP contribution in [0.2, 0.25) is 0 Å². The smallest absolute Gasteiger partial charge is 0.101 e. The van der Waals surface area contributed by atoms with Crippen LogP contribution in [0.1, 0.15) is 43.2 Å². The first-order chi connectivity index (χ1) is 8.59. The van der Waals surface area contributed by atoms with Crippen molar-refractivity contribution in [3.63, 3.8) is 0 Å². The van der Waals surface area contributed by atoms with E-state index in [1.165, 1.54) is 34.5 Å². The largest absolute Gasteiger partial charge is 0.327 e. The van der Waals surface area contributed by atoms with Gasteiger partial charge in [0.05, 0.1) is 10.2 Å². The monoisotopic (exact) mass is 260 g/mol. The van der Waals surface area contributed by atoms with Gasteiger partial charge in [-0.1, -0.05) is 25.8 Å². The van der Waals surface area contributed by atoms with Gasteiger partial charge < -0.3 is 5.73 Å². The highest BCUT2D eigenvalue weighted by Crippen LogP contribution is 2.41. The fourth-order valence-corrected chi connectivity index (χ4v) is 4.09. The van der Waals surface area contributed by atoms with Gasteiger partial charge in [0.25, 0.3) is 0 Å². The SMILES string of the molecule is Cc1ccc2sc(C3(C)CCCCC3N)nc2c1. The molecule has 0 spiro atoms. The Morgan fingerprint density at radius 3 is 3.00 bits per heavy atom. The summed E-state index contributed by atoms with van der Waals surface area (Å²) in [5.74, 6) is 0. The third-order valence-electron chi connectivity index (χ3n) is 4.31. The molecule has 96 valence electrons. The Morgan fingerprint density at radius 2 is 2.22 bits per heavy atom. The van der Waals surface area contributed by atoms with Crippen LogP contribution in [0.3, 0.4) is 0 Å². The summed E-state index contributed by atoms with van der Waals surface area (Å²) in [5, 5.41) is 1.23. The Bertz CT molecular complexity index is 575. The first kappa shape index (κ1) is 12.1. The van der Waals surface area contributed by atoms with E-state index in [2.05, 4.69) is 32.0 Å². The minimum atomic E-state index is 0.0792. The molecule has 0 bridgehead atoms. The lowest BCUT2D eigenvalue weighted by molar-refractivity contribution is 0.271. The number of rotatable bonds is 1. The molecule has 0 saturated heterocycles. The molecule has 1 saturated carbocycles. The molecule has 2 nitrogen and oxygen atoms in total. The number of aromatic nitrogens is 1. The molecule has 1 aliphatic carbocycles. The molecule has 3 heteroatoms. The normalized spacial score (nSPS) is 28.7. The number of hydrogen-bond donors (Lipinski definition) is 1. The van der Waals surface area contributed by atoms with Gasteiger partial charge in [0.15, 0.2) is 0 Å². The van der Waals surface area contributed by atoms with E-state index in [1.807, 2.05) is 11.3 Å². The molecule has 0 aliphatic heterocycles. The lowest BCUT2D eigenvalue weighted by Gasteiger charge is -2.37. The first-order valence-electron chi connectivity index (χ1n) is 6.73. The third kappa shape index (κ3) is 1.86. The van der Waals surface area contributed by atoms with Gasteiger partial charge in [0, 0.05) is 11.5 Å². The van der Waals surface area contributed by atoms with Crippen LogP contribution in [0, 0.1) is 6.92 Å². The zero-order valence-electron chi connectivity index (χ0n) is 11.1. The van der Waals surface area contributed by atoms with Crippen LogP contribution in [-0.2, 0) is 5.41 Å². The van der Waals surface area contributed by atoms with E-state index >= 15 is 0 Å². The second-order valence-corrected chi connectivity index (χ2v) is 6.79. The van der Waals surface area contributed by atoms with Crippen LogP contribution in [0.4, 0.5) is 0 Å². The van der Waals surface area contributed by atoms with Gasteiger partial charge >= 0.3 is 0 Å². The van der Waals surface area contributed by atoms with Crippen molar-refractivity contribution in [2.45, 2.75) is 51.0 Å². The second kappa shape index (κ2) is 4.32. The number of fused-ring (bicyclic) bond motifs is 1. The number of benzene rings is 1. The zero-order valence-corrected chi connectivity index (χ0v) is 11.9. The Morgan fingerprint density at radius 1 is 1.39 bits per heavy atom. The highest BCUT2D eigenvalue weighted by molar-refractivity contribution is 7.18. The van der Waals surface area contributed by atoms with Crippen molar-refractivity contribution >= 4 is 21.6 Å². The van der Waals surface area contributed by atoms with Gasteiger partial charge in [0.2, 0.25) is 0 Å². The third-order valence-corrected chi connectivity index (χ3v) is 5.63. The van der Waals surface area contributed by atoms with E-state index in [9.17, 15) is 0 Å². The summed E-state index contributed by atoms with van der Waals surface area (Å²) in [6.45, 7) is 4.41. The van der Waals surface area contributed by atoms with Gasteiger partial charge in [-0.2, -0.15) is 0 Å². The Kier molecular flexibility index (Phi) is 2.91. The fraction of sp³-hybridized carbons (Fsp3) is 0.533. The zero-order chi connectivity index (χ0) is 12.8. The summed E-state index contributed by atoms with van der Waals surface area (Å²) in [6, 6.07) is 6.78. The van der Waals surface area contributed by atoms with E-state index < -0.39 is 0 Å². The van der Waals surface area contributed by atoms with Crippen LogP contribution in [0.15, 0.2) is 18.2 Å². The number of nitrogens with zero attached hydrogens (tertiary/aromatic N) is 1. The molecule has 1 aromatic heterocycles. The Hall–Kier alpha value is -0.930. The van der Waals surface area contributed by atoms with E-state index in [0.29, 0.717) is 0 Å². The second-order valence-electron chi connectivity index (χ2n) is 5.76. The minimum absolute atomic E-state index is 0.0792. The van der Waals surface area contributed by atoms with Crippen LogP contribution in [0.5, 0.6) is 0 Å². The maximum atomic E-state index is 6.36. The Labute approximate surface area is 112 Å². The van der Waals surface area contributed by atoms with E-state index in [0.717, 1.165) is 11.9 Å². The van der Waals surface area contributed by atoms with Crippen LogP contribution >= 0.6 is 11.3 Å². The molecule has 0 radical (unpaired) electrons. The fourth-order valence-electron chi connectivity index (χ4n) is 2.91. The van der Waals surface area contributed by atoms with E-state index in [-0.39, 0.29) is 11.5 Å². The van der Waals surface area contributed by atoms with E-state index in [4.69, 9.17) is 10.7 Å². The van der Waals surface area contributed by atoms with Gasteiger partial charge in [0.1, 0.15) is 5.01 Å². The molecule has 1 fully saturated rings. The minimum Gasteiger partial charge on any atom is -0.327 e.